The molecule has 1 aliphatic heterocycles. The lowest BCUT2D eigenvalue weighted by molar-refractivity contribution is -0.274. The van der Waals surface area contributed by atoms with Crippen LogP contribution in [0.4, 0.5) is 24.9 Å². The highest BCUT2D eigenvalue weighted by atomic mass is 19.4. The van der Waals surface area contributed by atoms with Gasteiger partial charge in [-0.15, -0.1) is 13.2 Å². The third-order valence-corrected chi connectivity index (χ3v) is 4.91. The van der Waals surface area contributed by atoms with E-state index in [0.29, 0.717) is 25.5 Å². The van der Waals surface area contributed by atoms with Crippen molar-refractivity contribution in [1.29, 1.82) is 0 Å². The average molecular weight is 423 g/mol. The summed E-state index contributed by atoms with van der Waals surface area (Å²) in [6, 6.07) is 6.54. The minimum Gasteiger partial charge on any atom is -0.406 e. The summed E-state index contributed by atoms with van der Waals surface area (Å²) in [5.74, 6) is 1.49. The zero-order chi connectivity index (χ0) is 21.9. The van der Waals surface area contributed by atoms with E-state index >= 15 is 0 Å². The maximum Gasteiger partial charge on any atom is 0.573 e. The molecule has 3 rings (SSSR count). The van der Waals surface area contributed by atoms with Gasteiger partial charge < -0.3 is 19.9 Å². The van der Waals surface area contributed by atoms with Crippen LogP contribution in [0.3, 0.4) is 0 Å². The van der Waals surface area contributed by atoms with E-state index in [1.165, 1.54) is 12.1 Å². The topological polar surface area (TPSA) is 53.5 Å². The zero-order valence-electron chi connectivity index (χ0n) is 17.8. The first-order chi connectivity index (χ1) is 14.1. The van der Waals surface area contributed by atoms with E-state index in [9.17, 15) is 13.2 Å². The minimum absolute atomic E-state index is 0.175. The summed E-state index contributed by atoms with van der Waals surface area (Å²) < 4.78 is 41.5. The van der Waals surface area contributed by atoms with Crippen LogP contribution in [0.15, 0.2) is 24.3 Å². The predicted molar refractivity (Wildman–Crippen MR) is 111 cm³/mol. The van der Waals surface area contributed by atoms with Gasteiger partial charge in [-0.2, -0.15) is 4.98 Å². The van der Waals surface area contributed by atoms with Crippen LogP contribution in [0, 0.1) is 0 Å². The highest BCUT2D eigenvalue weighted by molar-refractivity contribution is 5.49. The molecule has 0 bridgehead atoms. The van der Waals surface area contributed by atoms with E-state index in [1.807, 2.05) is 20.2 Å². The molecule has 0 saturated heterocycles. The molecule has 0 aliphatic carbocycles. The molecule has 2 heterocycles. The van der Waals surface area contributed by atoms with Crippen LogP contribution in [-0.4, -0.2) is 55.0 Å². The molecule has 0 spiro atoms. The largest absolute Gasteiger partial charge is 0.573 e. The van der Waals surface area contributed by atoms with Crippen LogP contribution >= 0.6 is 0 Å². The number of alkyl halides is 3. The first-order valence-corrected chi connectivity index (χ1v) is 10.0. The fraction of sp³-hybridized carbons (Fsp3) is 0.524. The van der Waals surface area contributed by atoms with Crippen LogP contribution < -0.4 is 15.0 Å². The van der Waals surface area contributed by atoms with Crippen molar-refractivity contribution in [1.82, 2.24) is 14.9 Å². The number of nitrogens with zero attached hydrogens (tertiary/aromatic N) is 4. The molecule has 1 aliphatic rings. The third-order valence-electron chi connectivity index (χ3n) is 4.91. The maximum atomic E-state index is 12.5. The Morgan fingerprint density at radius 3 is 2.60 bits per heavy atom. The second-order valence-corrected chi connectivity index (χ2v) is 8.01. The summed E-state index contributed by atoms with van der Waals surface area (Å²) in [5, 5.41) is 3.29. The molecule has 9 heteroatoms. The van der Waals surface area contributed by atoms with Crippen molar-refractivity contribution in [3.8, 4) is 5.75 Å². The molecule has 0 saturated carbocycles. The summed E-state index contributed by atoms with van der Waals surface area (Å²) in [6.07, 6.45) is -4.06. The Kier molecular flexibility index (Phi) is 6.70. The van der Waals surface area contributed by atoms with Gasteiger partial charge in [-0.25, -0.2) is 4.98 Å². The van der Waals surface area contributed by atoms with E-state index in [0.717, 1.165) is 35.7 Å². The van der Waals surface area contributed by atoms with Gasteiger partial charge in [0.05, 0.1) is 5.69 Å². The van der Waals surface area contributed by atoms with E-state index in [2.05, 4.69) is 43.7 Å². The van der Waals surface area contributed by atoms with E-state index < -0.39 is 6.36 Å². The normalized spacial score (nSPS) is 14.2. The Bertz CT molecular complexity index is 870. The number of hydrogen-bond donors (Lipinski definition) is 1. The van der Waals surface area contributed by atoms with Crippen LogP contribution in [0.5, 0.6) is 5.75 Å². The number of nitrogens with one attached hydrogen (secondary N) is 1. The Morgan fingerprint density at radius 2 is 1.93 bits per heavy atom. The summed E-state index contributed by atoms with van der Waals surface area (Å²) in [6.45, 7) is 7.01. The third kappa shape index (κ3) is 5.98. The molecule has 6 nitrogen and oxygen atoms in total. The fourth-order valence-corrected chi connectivity index (χ4v) is 3.30. The Balaban J connectivity index is 1.78. The lowest BCUT2D eigenvalue weighted by Gasteiger charge is -2.30. The number of halogens is 3. The van der Waals surface area contributed by atoms with Crippen molar-refractivity contribution in [2.45, 2.75) is 39.1 Å². The lowest BCUT2D eigenvalue weighted by atomic mass is 9.99. The van der Waals surface area contributed by atoms with Gasteiger partial charge in [-0.3, -0.25) is 0 Å². The Labute approximate surface area is 175 Å². The summed E-state index contributed by atoms with van der Waals surface area (Å²) in [7, 11) is 4.02. The van der Waals surface area contributed by atoms with Crippen molar-refractivity contribution in [2.75, 3.05) is 43.9 Å². The zero-order valence-corrected chi connectivity index (χ0v) is 17.8. The smallest absolute Gasteiger partial charge is 0.406 e. The molecule has 0 fully saturated rings. The number of ether oxygens (including phenoxy) is 1. The second-order valence-electron chi connectivity index (χ2n) is 8.01. The molecular weight excluding hydrogens is 395 g/mol. The molecule has 2 aromatic rings. The average Bonchev–Trinajstić information content (AvgIpc) is 2.65. The molecule has 1 N–H and O–H groups in total. The molecule has 1 aromatic heterocycles. The van der Waals surface area contributed by atoms with Crippen molar-refractivity contribution in [2.24, 2.45) is 0 Å². The number of benzene rings is 1. The highest BCUT2D eigenvalue weighted by Crippen LogP contribution is 2.30. The number of hydrogen-bond acceptors (Lipinski definition) is 6. The number of fused-ring (bicyclic) bond motifs is 1. The van der Waals surface area contributed by atoms with Crippen LogP contribution in [0.25, 0.3) is 0 Å². The van der Waals surface area contributed by atoms with E-state index in [-0.39, 0.29) is 11.7 Å². The Hall–Kier alpha value is -2.55. The monoisotopic (exact) mass is 423 g/mol. The highest BCUT2D eigenvalue weighted by Gasteiger charge is 2.31. The summed E-state index contributed by atoms with van der Waals surface area (Å²) >= 11 is 0. The minimum atomic E-state index is -4.68. The SMILES string of the molecule is CC(C)c1cc(N2CCc3cc(OC(F)(F)F)ccc3C2)nc(NCCN(C)C)n1. The van der Waals surface area contributed by atoms with Gasteiger partial charge in [-0.05, 0) is 49.7 Å². The van der Waals surface area contributed by atoms with Gasteiger partial charge in [0.25, 0.3) is 0 Å². The van der Waals surface area contributed by atoms with Crippen LogP contribution in [0.1, 0.15) is 36.6 Å². The standard InChI is InChI=1S/C21H28F3N5O/c1-14(2)18-12-19(27-20(26-18)25-8-10-28(3)4)29-9-7-15-11-17(30-21(22,23)24)6-5-16(15)13-29/h5-6,11-12,14H,7-10,13H2,1-4H3,(H,25,26,27). The van der Waals surface area contributed by atoms with Crippen molar-refractivity contribution >= 4 is 11.8 Å². The van der Waals surface area contributed by atoms with Gasteiger partial charge >= 0.3 is 6.36 Å². The van der Waals surface area contributed by atoms with Gasteiger partial charge in [0.15, 0.2) is 0 Å². The van der Waals surface area contributed by atoms with Gasteiger partial charge in [0.2, 0.25) is 5.95 Å². The number of rotatable bonds is 7. The Morgan fingerprint density at radius 1 is 1.17 bits per heavy atom. The summed E-state index contributed by atoms with van der Waals surface area (Å²) in [4.78, 5) is 13.5. The van der Waals surface area contributed by atoms with Crippen molar-refractivity contribution in [3.05, 3.63) is 41.1 Å². The van der Waals surface area contributed by atoms with E-state index in [4.69, 9.17) is 0 Å². The molecule has 0 radical (unpaired) electrons. The summed E-state index contributed by atoms with van der Waals surface area (Å²) in [5.41, 5.74) is 2.80. The van der Waals surface area contributed by atoms with Gasteiger partial charge in [0.1, 0.15) is 11.6 Å². The number of anilines is 2. The molecule has 1 aromatic carbocycles. The van der Waals surface area contributed by atoms with Crippen LogP contribution in [0.2, 0.25) is 0 Å². The van der Waals surface area contributed by atoms with E-state index in [1.54, 1.807) is 6.07 Å². The van der Waals surface area contributed by atoms with Crippen molar-refractivity contribution in [3.63, 3.8) is 0 Å². The molecule has 0 unspecified atom stereocenters. The first-order valence-electron chi connectivity index (χ1n) is 10.0. The van der Waals surface area contributed by atoms with Crippen LogP contribution in [-0.2, 0) is 13.0 Å². The van der Waals surface area contributed by atoms with Crippen molar-refractivity contribution < 1.29 is 17.9 Å². The number of likely N-dealkylation sites (N-methyl/N-ethyl adjacent to an activating group) is 1. The van der Waals surface area contributed by atoms with Gasteiger partial charge in [0, 0.05) is 32.2 Å². The molecule has 30 heavy (non-hydrogen) atoms. The maximum absolute atomic E-state index is 12.5. The second kappa shape index (κ2) is 9.07. The quantitative estimate of drug-likeness (QED) is 0.726. The molecular formula is C21H28F3N5O. The molecule has 164 valence electrons. The predicted octanol–water partition coefficient (Wildman–Crippen LogP) is 4.03. The van der Waals surface area contributed by atoms with Gasteiger partial charge in [-0.1, -0.05) is 19.9 Å². The lowest BCUT2D eigenvalue weighted by Crippen LogP contribution is -2.31. The molecule has 0 amide bonds. The number of aromatic nitrogens is 2. The first kappa shape index (κ1) is 22.1. The molecule has 0 atom stereocenters. The fourth-order valence-electron chi connectivity index (χ4n) is 3.30.